The van der Waals surface area contributed by atoms with Crippen molar-refractivity contribution < 1.29 is 9.84 Å². The second-order valence-corrected chi connectivity index (χ2v) is 9.14. The molecule has 150 valence electrons. The van der Waals surface area contributed by atoms with Crippen molar-refractivity contribution in [2.75, 3.05) is 19.5 Å². The highest BCUT2D eigenvalue weighted by molar-refractivity contribution is 7.98. The Bertz CT molecular complexity index is 911. The number of thiazole rings is 1. The number of nitrogens with one attached hydrogen (secondary N) is 1. The molecule has 3 aromatic rings. The van der Waals surface area contributed by atoms with E-state index < -0.39 is 0 Å². The van der Waals surface area contributed by atoms with E-state index in [1.807, 2.05) is 11.7 Å². The van der Waals surface area contributed by atoms with Gasteiger partial charge in [-0.15, -0.1) is 23.1 Å². The van der Waals surface area contributed by atoms with Gasteiger partial charge in [0.2, 0.25) is 0 Å². The zero-order valence-electron chi connectivity index (χ0n) is 16.2. The predicted octanol–water partition coefficient (Wildman–Crippen LogP) is 4.03. The van der Waals surface area contributed by atoms with Gasteiger partial charge in [-0.1, -0.05) is 0 Å². The number of nitrogens with zero attached hydrogens (tertiary/aromatic N) is 3. The number of hydrogen-bond donors (Lipinski definition) is 2. The topological polar surface area (TPSA) is 76.0 Å². The van der Waals surface area contributed by atoms with Gasteiger partial charge in [-0.05, 0) is 49.6 Å². The number of rotatable bonds is 7. The molecule has 1 unspecified atom stereocenters. The van der Waals surface area contributed by atoms with Crippen LogP contribution in [0.1, 0.15) is 41.4 Å². The number of aromatic amines is 1. The van der Waals surface area contributed by atoms with Crippen LogP contribution >= 0.6 is 23.1 Å². The van der Waals surface area contributed by atoms with Crippen molar-refractivity contribution in [3.05, 3.63) is 40.7 Å². The third-order valence-corrected chi connectivity index (χ3v) is 7.17. The van der Waals surface area contributed by atoms with Gasteiger partial charge in [-0.25, -0.2) is 4.98 Å². The first-order chi connectivity index (χ1) is 13.7. The molecule has 2 N–H and O–H groups in total. The zero-order chi connectivity index (χ0) is 19.5. The number of aryl methyl sites for hydroxylation is 1. The van der Waals surface area contributed by atoms with Gasteiger partial charge in [0.25, 0.3) is 0 Å². The summed E-state index contributed by atoms with van der Waals surface area (Å²) in [5.74, 6) is 0.868. The minimum absolute atomic E-state index is 0.0308. The van der Waals surface area contributed by atoms with E-state index in [1.165, 1.54) is 22.1 Å². The average Bonchev–Trinajstić information content (AvgIpc) is 3.46. The largest absolute Gasteiger partial charge is 0.391 e. The van der Waals surface area contributed by atoms with E-state index in [0.29, 0.717) is 5.92 Å². The molecule has 0 aliphatic carbocycles. The van der Waals surface area contributed by atoms with Crippen LogP contribution in [0.4, 0.5) is 0 Å². The predicted molar refractivity (Wildman–Crippen MR) is 113 cm³/mol. The molecule has 0 bridgehead atoms. The third kappa shape index (κ3) is 4.20. The van der Waals surface area contributed by atoms with Crippen LogP contribution in [-0.2, 0) is 18.4 Å². The van der Waals surface area contributed by atoms with Crippen molar-refractivity contribution in [1.29, 1.82) is 0 Å². The summed E-state index contributed by atoms with van der Waals surface area (Å²) in [4.78, 5) is 8.89. The van der Waals surface area contributed by atoms with E-state index in [4.69, 9.17) is 9.84 Å². The molecule has 1 aliphatic heterocycles. The van der Waals surface area contributed by atoms with Crippen LogP contribution in [0.2, 0.25) is 0 Å². The van der Waals surface area contributed by atoms with E-state index in [2.05, 4.69) is 34.4 Å². The third-order valence-electron chi connectivity index (χ3n) is 5.36. The summed E-state index contributed by atoms with van der Waals surface area (Å²) in [7, 11) is 2.01. The second-order valence-electron chi connectivity index (χ2n) is 7.20. The van der Waals surface area contributed by atoms with Crippen molar-refractivity contribution in [3.8, 4) is 10.7 Å². The molecule has 0 radical (unpaired) electrons. The molecule has 1 fully saturated rings. The average molecular weight is 419 g/mol. The maximum Gasteiger partial charge on any atom is 0.139 e. The molecule has 3 aromatic heterocycles. The molecule has 6 nitrogen and oxygen atoms in total. The van der Waals surface area contributed by atoms with Gasteiger partial charge in [0.1, 0.15) is 5.01 Å². The fourth-order valence-electron chi connectivity index (χ4n) is 3.80. The van der Waals surface area contributed by atoms with Crippen LogP contribution in [0, 0.1) is 5.92 Å². The molecule has 4 rings (SSSR count). The lowest BCUT2D eigenvalue weighted by Gasteiger charge is -2.25. The Balaban J connectivity index is 1.64. The van der Waals surface area contributed by atoms with Gasteiger partial charge in [-0.2, -0.15) is 5.10 Å². The number of thioether (sulfide) groups is 1. The maximum atomic E-state index is 9.31. The molecule has 1 aliphatic rings. The lowest BCUT2D eigenvalue weighted by atomic mass is 9.85. The summed E-state index contributed by atoms with van der Waals surface area (Å²) in [6.07, 6.45) is 7.11. The first-order valence-electron chi connectivity index (χ1n) is 9.58. The van der Waals surface area contributed by atoms with E-state index in [0.717, 1.165) is 53.7 Å². The summed E-state index contributed by atoms with van der Waals surface area (Å²) in [5, 5.41) is 16.2. The van der Waals surface area contributed by atoms with Gasteiger partial charge in [0, 0.05) is 38.1 Å². The quantitative estimate of drug-likeness (QED) is 0.567. The summed E-state index contributed by atoms with van der Waals surface area (Å²) >= 11 is 3.24. The van der Waals surface area contributed by atoms with Gasteiger partial charge in [0.05, 0.1) is 27.9 Å². The minimum atomic E-state index is 0.0308. The lowest BCUT2D eigenvalue weighted by Crippen LogP contribution is -2.19. The van der Waals surface area contributed by atoms with Crippen molar-refractivity contribution in [2.45, 2.75) is 36.8 Å². The second kappa shape index (κ2) is 8.82. The maximum absolute atomic E-state index is 9.31. The zero-order valence-corrected chi connectivity index (χ0v) is 17.9. The normalized spacial score (nSPS) is 16.5. The Morgan fingerprint density at radius 1 is 1.39 bits per heavy atom. The van der Waals surface area contributed by atoms with Gasteiger partial charge in [-0.3, -0.25) is 4.68 Å². The van der Waals surface area contributed by atoms with Crippen molar-refractivity contribution in [1.82, 2.24) is 19.7 Å². The van der Waals surface area contributed by atoms with Crippen LogP contribution in [0.3, 0.4) is 0 Å². The standard InChI is InChI=1S/C20H26N4O2S2/c1-24-19(27-2)10-18(23-24)15(9-13-5-7-26-8-6-13)16-3-4-17(22-16)20-21-11-14(12-25)28-20/h3-4,10-11,13,15,22,25H,5-9,12H2,1-2H3. The Kier molecular flexibility index (Phi) is 6.20. The van der Waals surface area contributed by atoms with E-state index in [9.17, 15) is 5.11 Å². The fraction of sp³-hybridized carbons (Fsp3) is 0.500. The summed E-state index contributed by atoms with van der Waals surface area (Å²) in [6, 6.07) is 6.46. The highest BCUT2D eigenvalue weighted by Crippen LogP contribution is 2.36. The van der Waals surface area contributed by atoms with Gasteiger partial charge < -0.3 is 14.8 Å². The highest BCUT2D eigenvalue weighted by Gasteiger charge is 2.26. The summed E-state index contributed by atoms with van der Waals surface area (Å²) < 4.78 is 7.52. The molecular formula is C20H26N4O2S2. The molecule has 0 spiro atoms. The van der Waals surface area contributed by atoms with Crippen molar-refractivity contribution >= 4 is 23.1 Å². The first-order valence-corrected chi connectivity index (χ1v) is 11.6. The summed E-state index contributed by atoms with van der Waals surface area (Å²) in [6.45, 7) is 1.74. The number of aliphatic hydroxyl groups is 1. The number of H-pyrrole nitrogens is 1. The Hall–Kier alpha value is -1.61. The Morgan fingerprint density at radius 2 is 2.21 bits per heavy atom. The SMILES string of the molecule is CSc1cc(C(CC2CCOCC2)c2ccc(-c3ncc(CO)s3)[nH]2)nn1C. The van der Waals surface area contributed by atoms with Gasteiger partial charge in [0.15, 0.2) is 0 Å². The van der Waals surface area contributed by atoms with Crippen LogP contribution < -0.4 is 0 Å². The van der Waals surface area contributed by atoms with Crippen LogP contribution in [0.15, 0.2) is 29.4 Å². The fourth-order valence-corrected chi connectivity index (χ4v) is 5.10. The minimum Gasteiger partial charge on any atom is -0.391 e. The molecule has 0 aromatic carbocycles. The number of aromatic nitrogens is 4. The number of hydrogen-bond acceptors (Lipinski definition) is 6. The van der Waals surface area contributed by atoms with Crippen molar-refractivity contribution in [2.24, 2.45) is 13.0 Å². The lowest BCUT2D eigenvalue weighted by molar-refractivity contribution is 0.0625. The number of ether oxygens (including phenoxy) is 1. The van der Waals surface area contributed by atoms with E-state index >= 15 is 0 Å². The van der Waals surface area contributed by atoms with Crippen molar-refractivity contribution in [3.63, 3.8) is 0 Å². The molecule has 28 heavy (non-hydrogen) atoms. The molecular weight excluding hydrogens is 392 g/mol. The van der Waals surface area contributed by atoms with Gasteiger partial charge >= 0.3 is 0 Å². The molecule has 1 atom stereocenters. The van der Waals surface area contributed by atoms with Crippen LogP contribution in [-0.4, -0.2) is 44.3 Å². The Morgan fingerprint density at radius 3 is 2.89 bits per heavy atom. The molecule has 0 saturated carbocycles. The summed E-state index contributed by atoms with van der Waals surface area (Å²) in [5.41, 5.74) is 3.28. The smallest absolute Gasteiger partial charge is 0.139 e. The van der Waals surface area contributed by atoms with Crippen LogP contribution in [0.5, 0.6) is 0 Å². The molecule has 1 saturated heterocycles. The number of aliphatic hydroxyl groups excluding tert-OH is 1. The molecule has 8 heteroatoms. The monoisotopic (exact) mass is 418 g/mol. The molecule has 0 amide bonds. The van der Waals surface area contributed by atoms with E-state index in [-0.39, 0.29) is 12.5 Å². The first kappa shape index (κ1) is 19.7. The van der Waals surface area contributed by atoms with Crippen LogP contribution in [0.25, 0.3) is 10.7 Å². The van der Waals surface area contributed by atoms with E-state index in [1.54, 1.807) is 18.0 Å². The highest BCUT2D eigenvalue weighted by atomic mass is 32.2. The molecule has 4 heterocycles. The Labute approximate surface area is 173 Å².